The first-order valence-electron chi connectivity index (χ1n) is 5.29. The summed E-state index contributed by atoms with van der Waals surface area (Å²) in [6, 6.07) is 5.22. The number of amides is 1. The van der Waals surface area contributed by atoms with E-state index < -0.39 is 10.8 Å². The van der Waals surface area contributed by atoms with Crippen LogP contribution in [0.1, 0.15) is 22.8 Å². The molecule has 0 unspecified atom stereocenters. The molecule has 1 N–H and O–H groups in total. The van der Waals surface area contributed by atoms with Crippen LogP contribution in [0.2, 0.25) is 5.02 Å². The Morgan fingerprint density at radius 1 is 1.53 bits per heavy atom. The van der Waals surface area contributed by atoms with Gasteiger partial charge in [0.2, 0.25) is 0 Å². The van der Waals surface area contributed by atoms with E-state index in [1.165, 1.54) is 0 Å². The third-order valence-corrected chi connectivity index (χ3v) is 4.34. The van der Waals surface area contributed by atoms with Crippen LogP contribution in [0.15, 0.2) is 18.2 Å². The molecule has 0 aromatic heterocycles. The van der Waals surface area contributed by atoms with Gasteiger partial charge in [0.1, 0.15) is 0 Å². The molecule has 2 atom stereocenters. The third-order valence-electron chi connectivity index (χ3n) is 2.63. The van der Waals surface area contributed by atoms with E-state index in [1.807, 2.05) is 6.92 Å². The van der Waals surface area contributed by atoms with Gasteiger partial charge >= 0.3 is 0 Å². The van der Waals surface area contributed by atoms with Crippen LogP contribution in [0.25, 0.3) is 0 Å². The molecular formula is C12H16ClNO2S. The molecule has 1 rings (SSSR count). The zero-order valence-corrected chi connectivity index (χ0v) is 11.7. The molecule has 94 valence electrons. The van der Waals surface area contributed by atoms with Gasteiger partial charge in [0, 0.05) is 39.4 Å². The van der Waals surface area contributed by atoms with E-state index in [2.05, 4.69) is 5.32 Å². The fourth-order valence-electron chi connectivity index (χ4n) is 1.30. The molecule has 0 bridgehead atoms. The van der Waals surface area contributed by atoms with Gasteiger partial charge in [0.05, 0.1) is 0 Å². The molecule has 0 heterocycles. The Morgan fingerprint density at radius 2 is 2.18 bits per heavy atom. The smallest absolute Gasteiger partial charge is 0.251 e. The second-order valence-corrected chi connectivity index (χ2v) is 6.14. The molecule has 5 heteroatoms. The van der Waals surface area contributed by atoms with Crippen molar-refractivity contribution in [1.82, 2.24) is 5.32 Å². The average molecular weight is 274 g/mol. The topological polar surface area (TPSA) is 46.2 Å². The van der Waals surface area contributed by atoms with E-state index in [4.69, 9.17) is 11.6 Å². The summed E-state index contributed by atoms with van der Waals surface area (Å²) >= 11 is 5.94. The lowest BCUT2D eigenvalue weighted by Crippen LogP contribution is -2.32. The fourth-order valence-corrected chi connectivity index (χ4v) is 1.80. The highest BCUT2D eigenvalue weighted by molar-refractivity contribution is 7.84. The molecule has 17 heavy (non-hydrogen) atoms. The van der Waals surface area contributed by atoms with Crippen molar-refractivity contribution in [2.75, 3.05) is 12.8 Å². The van der Waals surface area contributed by atoms with Crippen molar-refractivity contribution < 1.29 is 9.00 Å². The van der Waals surface area contributed by atoms with Gasteiger partial charge in [-0.1, -0.05) is 17.7 Å². The molecule has 0 radical (unpaired) electrons. The second-order valence-electron chi connectivity index (χ2n) is 3.93. The maximum absolute atomic E-state index is 11.9. The monoisotopic (exact) mass is 273 g/mol. The number of benzene rings is 1. The van der Waals surface area contributed by atoms with Crippen molar-refractivity contribution in [3.05, 3.63) is 34.3 Å². The number of hydrogen-bond acceptors (Lipinski definition) is 2. The number of rotatable bonds is 4. The lowest BCUT2D eigenvalue weighted by Gasteiger charge is -2.11. The first-order chi connectivity index (χ1) is 7.93. The Morgan fingerprint density at radius 3 is 2.76 bits per heavy atom. The Bertz CT molecular complexity index is 448. The molecule has 0 spiro atoms. The van der Waals surface area contributed by atoms with Crippen molar-refractivity contribution in [3.63, 3.8) is 0 Å². The first-order valence-corrected chi connectivity index (χ1v) is 7.29. The Balaban J connectivity index is 2.71. The average Bonchev–Trinajstić information content (AvgIpc) is 2.29. The largest absolute Gasteiger partial charge is 0.351 e. The van der Waals surface area contributed by atoms with E-state index >= 15 is 0 Å². The van der Waals surface area contributed by atoms with Crippen LogP contribution in [0.5, 0.6) is 0 Å². The Hall–Kier alpha value is -0.870. The lowest BCUT2D eigenvalue weighted by atomic mass is 10.1. The van der Waals surface area contributed by atoms with Gasteiger partial charge in [-0.3, -0.25) is 9.00 Å². The summed E-state index contributed by atoms with van der Waals surface area (Å²) in [5.74, 6) is -0.178. The molecule has 0 aliphatic rings. The van der Waals surface area contributed by atoms with Crippen LogP contribution in [0.3, 0.4) is 0 Å². The van der Waals surface area contributed by atoms with Crippen LogP contribution in [-0.2, 0) is 10.8 Å². The van der Waals surface area contributed by atoms with Crippen LogP contribution >= 0.6 is 11.6 Å². The Labute approximate surface area is 109 Å². The number of hydrogen-bond donors (Lipinski definition) is 1. The summed E-state index contributed by atoms with van der Waals surface area (Å²) in [6.45, 7) is 4.04. The molecule has 0 aliphatic carbocycles. The number of carbonyl (C=O) groups is 1. The first kappa shape index (κ1) is 14.2. The zero-order chi connectivity index (χ0) is 13.0. The van der Waals surface area contributed by atoms with E-state index in [9.17, 15) is 9.00 Å². The quantitative estimate of drug-likeness (QED) is 0.914. The van der Waals surface area contributed by atoms with Crippen LogP contribution < -0.4 is 5.32 Å². The fraction of sp³-hybridized carbons (Fsp3) is 0.417. The van der Waals surface area contributed by atoms with Crippen molar-refractivity contribution in [2.24, 2.45) is 0 Å². The van der Waals surface area contributed by atoms with Gasteiger partial charge in [-0.15, -0.1) is 0 Å². The standard InChI is InChI=1S/C12H16ClNO2S/c1-8(17(3)16)7-14-12(15)10-5-4-6-11(13)9(10)2/h4-6,8H,7H2,1-3H3,(H,14,15)/t8-,17-/m0/s1. The molecule has 1 amide bonds. The SMILES string of the molecule is Cc1c(Cl)cccc1C(=O)NC[C@H](C)[S@](C)=O. The molecule has 0 fully saturated rings. The Kier molecular flexibility index (Phi) is 5.15. The number of carbonyl (C=O) groups excluding carboxylic acids is 1. The minimum absolute atomic E-state index is 0.0570. The predicted octanol–water partition coefficient (Wildman–Crippen LogP) is 2.15. The molecule has 1 aromatic carbocycles. The third kappa shape index (κ3) is 3.82. The van der Waals surface area contributed by atoms with E-state index in [0.29, 0.717) is 17.1 Å². The molecule has 0 saturated carbocycles. The summed E-state index contributed by atoms with van der Waals surface area (Å²) in [7, 11) is -0.934. The summed E-state index contributed by atoms with van der Waals surface area (Å²) in [6.07, 6.45) is 1.63. The molecule has 1 aromatic rings. The maximum Gasteiger partial charge on any atom is 0.251 e. The highest BCUT2D eigenvalue weighted by Gasteiger charge is 2.12. The number of nitrogens with one attached hydrogen (secondary N) is 1. The van der Waals surface area contributed by atoms with E-state index in [0.717, 1.165) is 5.56 Å². The predicted molar refractivity (Wildman–Crippen MR) is 72.1 cm³/mol. The van der Waals surface area contributed by atoms with Gasteiger partial charge in [-0.05, 0) is 31.5 Å². The summed E-state index contributed by atoms with van der Waals surface area (Å²) < 4.78 is 11.2. The highest BCUT2D eigenvalue weighted by Crippen LogP contribution is 2.18. The molecular weight excluding hydrogens is 258 g/mol. The van der Waals surface area contributed by atoms with E-state index in [-0.39, 0.29) is 11.2 Å². The molecule has 3 nitrogen and oxygen atoms in total. The van der Waals surface area contributed by atoms with Gasteiger partial charge in [0.15, 0.2) is 0 Å². The van der Waals surface area contributed by atoms with Gasteiger partial charge in [0.25, 0.3) is 5.91 Å². The lowest BCUT2D eigenvalue weighted by molar-refractivity contribution is 0.0953. The van der Waals surface area contributed by atoms with E-state index in [1.54, 1.807) is 31.4 Å². The summed E-state index contributed by atoms with van der Waals surface area (Å²) in [4.78, 5) is 11.9. The minimum atomic E-state index is -0.934. The second kappa shape index (κ2) is 6.17. The van der Waals surface area contributed by atoms with Crippen LogP contribution in [0, 0.1) is 6.92 Å². The van der Waals surface area contributed by atoms with Gasteiger partial charge < -0.3 is 5.32 Å². The van der Waals surface area contributed by atoms with Crippen LogP contribution in [0.4, 0.5) is 0 Å². The van der Waals surface area contributed by atoms with Gasteiger partial charge in [-0.2, -0.15) is 0 Å². The molecule has 0 aliphatic heterocycles. The maximum atomic E-state index is 11.9. The summed E-state index contributed by atoms with van der Waals surface area (Å²) in [5, 5.41) is 3.27. The highest BCUT2D eigenvalue weighted by atomic mass is 35.5. The van der Waals surface area contributed by atoms with Crippen LogP contribution in [-0.4, -0.2) is 28.2 Å². The van der Waals surface area contributed by atoms with Crippen molar-refractivity contribution in [1.29, 1.82) is 0 Å². The molecule has 0 saturated heterocycles. The number of halogens is 1. The zero-order valence-electron chi connectivity index (χ0n) is 10.1. The van der Waals surface area contributed by atoms with Crippen molar-refractivity contribution >= 4 is 28.3 Å². The summed E-state index contributed by atoms with van der Waals surface area (Å²) in [5.41, 5.74) is 1.32. The normalized spacial score (nSPS) is 14.1. The van der Waals surface area contributed by atoms with Crippen molar-refractivity contribution in [3.8, 4) is 0 Å². The minimum Gasteiger partial charge on any atom is -0.351 e. The van der Waals surface area contributed by atoms with Gasteiger partial charge in [-0.25, -0.2) is 0 Å². The van der Waals surface area contributed by atoms with Crippen molar-refractivity contribution in [2.45, 2.75) is 19.1 Å².